The zero-order valence-corrected chi connectivity index (χ0v) is 14.8. The summed E-state index contributed by atoms with van der Waals surface area (Å²) in [6.07, 6.45) is 1.95. The number of nitrogens with zero attached hydrogens (tertiary/aromatic N) is 5. The number of thiophene rings is 1. The van der Waals surface area contributed by atoms with Gasteiger partial charge >= 0.3 is 0 Å². The van der Waals surface area contributed by atoms with Gasteiger partial charge in [-0.3, -0.25) is 4.79 Å². The molecule has 1 atom stereocenters. The number of likely N-dealkylation sites (tertiary alicyclic amines) is 1. The Morgan fingerprint density at radius 3 is 2.84 bits per heavy atom. The van der Waals surface area contributed by atoms with Crippen LogP contribution in [0.3, 0.4) is 0 Å². The number of piperidine rings is 1. The first-order valence-corrected chi connectivity index (χ1v) is 9.29. The average Bonchev–Trinajstić information content (AvgIpc) is 3.31. The van der Waals surface area contributed by atoms with Crippen molar-refractivity contribution in [3.05, 3.63) is 58.0 Å². The van der Waals surface area contributed by atoms with Gasteiger partial charge in [-0.05, 0) is 59.3 Å². The Balaban J connectivity index is 1.58. The highest BCUT2D eigenvalue weighted by atomic mass is 32.1. The zero-order chi connectivity index (χ0) is 17.2. The summed E-state index contributed by atoms with van der Waals surface area (Å²) in [6.45, 7) is 3.43. The standard InChI is InChI=1S/C18H19N5OS/c1-13-9-11-25-16(13)18(24)22-10-5-6-14(12-22)17-19-20-21-23(17)15-7-3-2-4-8-15/h2-4,7-9,11,14H,5-6,10,12H2,1H3. The number of para-hydroxylation sites is 1. The quantitative estimate of drug-likeness (QED) is 0.726. The average molecular weight is 353 g/mol. The summed E-state index contributed by atoms with van der Waals surface area (Å²) in [5, 5.41) is 14.2. The van der Waals surface area contributed by atoms with Crippen molar-refractivity contribution in [2.75, 3.05) is 13.1 Å². The lowest BCUT2D eigenvalue weighted by atomic mass is 9.96. The van der Waals surface area contributed by atoms with E-state index < -0.39 is 0 Å². The van der Waals surface area contributed by atoms with Gasteiger partial charge < -0.3 is 4.90 Å². The fourth-order valence-corrected chi connectivity index (χ4v) is 4.20. The lowest BCUT2D eigenvalue weighted by molar-refractivity contribution is 0.0708. The number of carbonyl (C=O) groups is 1. The van der Waals surface area contributed by atoms with Gasteiger partial charge in [0.25, 0.3) is 5.91 Å². The molecule has 0 N–H and O–H groups in total. The van der Waals surface area contributed by atoms with Crippen LogP contribution in [0.25, 0.3) is 5.69 Å². The summed E-state index contributed by atoms with van der Waals surface area (Å²) >= 11 is 1.51. The first-order valence-electron chi connectivity index (χ1n) is 8.41. The second-order valence-corrected chi connectivity index (χ2v) is 7.22. The summed E-state index contributed by atoms with van der Waals surface area (Å²) in [5.41, 5.74) is 1.99. The monoisotopic (exact) mass is 353 g/mol. The van der Waals surface area contributed by atoms with Crippen LogP contribution >= 0.6 is 11.3 Å². The Morgan fingerprint density at radius 1 is 1.24 bits per heavy atom. The zero-order valence-electron chi connectivity index (χ0n) is 14.0. The third-order valence-electron chi connectivity index (χ3n) is 4.62. The molecule has 1 aliphatic rings. The number of benzene rings is 1. The Hall–Kier alpha value is -2.54. The minimum atomic E-state index is 0.121. The molecule has 25 heavy (non-hydrogen) atoms. The molecule has 7 heteroatoms. The third kappa shape index (κ3) is 3.07. The molecule has 0 radical (unpaired) electrons. The summed E-state index contributed by atoms with van der Waals surface area (Å²) in [5.74, 6) is 1.09. The molecule has 1 aliphatic heterocycles. The van der Waals surface area contributed by atoms with Gasteiger partial charge in [0, 0.05) is 19.0 Å². The molecule has 0 saturated carbocycles. The second kappa shape index (κ2) is 6.76. The molecular formula is C18H19N5OS. The van der Waals surface area contributed by atoms with Gasteiger partial charge in [-0.1, -0.05) is 18.2 Å². The van der Waals surface area contributed by atoms with E-state index in [4.69, 9.17) is 0 Å². The second-order valence-electron chi connectivity index (χ2n) is 6.31. The number of hydrogen-bond donors (Lipinski definition) is 0. The van der Waals surface area contributed by atoms with E-state index in [0.29, 0.717) is 6.54 Å². The Kier molecular flexibility index (Phi) is 4.31. The SMILES string of the molecule is Cc1ccsc1C(=O)N1CCCC(c2nnnn2-c2ccccc2)C1. The normalized spacial score (nSPS) is 17.6. The van der Waals surface area contributed by atoms with Crippen molar-refractivity contribution in [3.63, 3.8) is 0 Å². The highest BCUT2D eigenvalue weighted by molar-refractivity contribution is 7.12. The van der Waals surface area contributed by atoms with Gasteiger partial charge in [-0.15, -0.1) is 16.4 Å². The molecule has 0 spiro atoms. The number of tetrazole rings is 1. The highest BCUT2D eigenvalue weighted by Gasteiger charge is 2.30. The van der Waals surface area contributed by atoms with E-state index in [-0.39, 0.29) is 11.8 Å². The predicted molar refractivity (Wildman–Crippen MR) is 96.1 cm³/mol. The third-order valence-corrected chi connectivity index (χ3v) is 5.63. The van der Waals surface area contributed by atoms with E-state index >= 15 is 0 Å². The maximum Gasteiger partial charge on any atom is 0.264 e. The van der Waals surface area contributed by atoms with Gasteiger partial charge in [-0.2, -0.15) is 4.68 Å². The van der Waals surface area contributed by atoms with Crippen LogP contribution in [0.2, 0.25) is 0 Å². The van der Waals surface area contributed by atoms with Crippen molar-refractivity contribution < 1.29 is 4.79 Å². The van der Waals surface area contributed by atoms with Crippen molar-refractivity contribution in [1.82, 2.24) is 25.1 Å². The first-order chi connectivity index (χ1) is 12.2. The van der Waals surface area contributed by atoms with E-state index in [2.05, 4.69) is 15.5 Å². The van der Waals surface area contributed by atoms with Crippen LogP contribution in [0, 0.1) is 6.92 Å². The van der Waals surface area contributed by atoms with Gasteiger partial charge in [0.1, 0.15) is 0 Å². The van der Waals surface area contributed by atoms with Crippen molar-refractivity contribution in [2.45, 2.75) is 25.7 Å². The molecule has 2 aromatic heterocycles. The Bertz CT molecular complexity index is 872. The van der Waals surface area contributed by atoms with Crippen LogP contribution < -0.4 is 0 Å². The van der Waals surface area contributed by atoms with Crippen LogP contribution in [-0.4, -0.2) is 44.1 Å². The Labute approximate surface area is 150 Å². The highest BCUT2D eigenvalue weighted by Crippen LogP contribution is 2.28. The van der Waals surface area contributed by atoms with E-state index in [9.17, 15) is 4.79 Å². The van der Waals surface area contributed by atoms with Crippen LogP contribution in [0.5, 0.6) is 0 Å². The topological polar surface area (TPSA) is 63.9 Å². The molecule has 0 aliphatic carbocycles. The molecule has 1 fully saturated rings. The lowest BCUT2D eigenvalue weighted by Crippen LogP contribution is -2.39. The van der Waals surface area contributed by atoms with E-state index in [1.807, 2.05) is 53.6 Å². The molecule has 6 nitrogen and oxygen atoms in total. The number of aryl methyl sites for hydroxylation is 1. The van der Waals surface area contributed by atoms with Gasteiger partial charge in [0.05, 0.1) is 10.6 Å². The molecule has 1 aromatic carbocycles. The molecule has 1 amide bonds. The lowest BCUT2D eigenvalue weighted by Gasteiger charge is -2.32. The molecule has 3 heterocycles. The largest absolute Gasteiger partial charge is 0.337 e. The molecular weight excluding hydrogens is 334 g/mol. The van der Waals surface area contributed by atoms with Gasteiger partial charge in [-0.25, -0.2) is 0 Å². The smallest absolute Gasteiger partial charge is 0.264 e. The number of carbonyl (C=O) groups excluding carboxylic acids is 1. The first kappa shape index (κ1) is 16.0. The fourth-order valence-electron chi connectivity index (χ4n) is 3.31. The predicted octanol–water partition coefficient (Wildman–Crippen LogP) is 3.05. The summed E-state index contributed by atoms with van der Waals surface area (Å²) in [7, 11) is 0. The van der Waals surface area contributed by atoms with Crippen molar-refractivity contribution >= 4 is 17.2 Å². The van der Waals surface area contributed by atoms with Gasteiger partial charge in [0.2, 0.25) is 0 Å². The molecule has 3 aromatic rings. The number of aromatic nitrogens is 4. The maximum atomic E-state index is 12.8. The molecule has 1 unspecified atom stereocenters. The summed E-state index contributed by atoms with van der Waals surface area (Å²) < 4.78 is 1.79. The molecule has 0 bridgehead atoms. The molecule has 4 rings (SSSR count). The maximum absolute atomic E-state index is 12.8. The number of amides is 1. The minimum absolute atomic E-state index is 0.121. The van der Waals surface area contributed by atoms with E-state index in [1.165, 1.54) is 11.3 Å². The van der Waals surface area contributed by atoms with Gasteiger partial charge in [0.15, 0.2) is 5.82 Å². The van der Waals surface area contributed by atoms with Crippen molar-refractivity contribution in [2.24, 2.45) is 0 Å². The molecule has 128 valence electrons. The van der Waals surface area contributed by atoms with E-state index in [1.54, 1.807) is 4.68 Å². The number of hydrogen-bond acceptors (Lipinski definition) is 5. The van der Waals surface area contributed by atoms with Crippen LogP contribution in [-0.2, 0) is 0 Å². The van der Waals surface area contributed by atoms with Crippen LogP contribution in [0.15, 0.2) is 41.8 Å². The van der Waals surface area contributed by atoms with Crippen LogP contribution in [0.4, 0.5) is 0 Å². The fraction of sp³-hybridized carbons (Fsp3) is 0.333. The summed E-state index contributed by atoms with van der Waals surface area (Å²) in [4.78, 5) is 15.6. The minimum Gasteiger partial charge on any atom is -0.337 e. The summed E-state index contributed by atoms with van der Waals surface area (Å²) in [6, 6.07) is 11.9. The van der Waals surface area contributed by atoms with E-state index in [0.717, 1.165) is 41.3 Å². The Morgan fingerprint density at radius 2 is 2.08 bits per heavy atom. The number of rotatable bonds is 3. The van der Waals surface area contributed by atoms with Crippen molar-refractivity contribution in [3.8, 4) is 5.69 Å². The molecule has 1 saturated heterocycles. The van der Waals surface area contributed by atoms with Crippen LogP contribution in [0.1, 0.15) is 39.8 Å². The van der Waals surface area contributed by atoms with Crippen molar-refractivity contribution in [1.29, 1.82) is 0 Å².